The summed E-state index contributed by atoms with van der Waals surface area (Å²) >= 11 is 0. The number of nitrogens with zero attached hydrogens (tertiary/aromatic N) is 3. The summed E-state index contributed by atoms with van der Waals surface area (Å²) in [5, 5.41) is 0. The van der Waals surface area contributed by atoms with Gasteiger partial charge in [-0.3, -0.25) is 4.98 Å². The first-order valence-electron chi connectivity index (χ1n) is 5.21. The molecule has 18 heavy (non-hydrogen) atoms. The van der Waals surface area contributed by atoms with Crippen LogP contribution in [0.4, 0.5) is 13.2 Å². The fraction of sp³-hybridized carbons (Fsp3) is 0.250. The molecule has 0 aromatic carbocycles. The third kappa shape index (κ3) is 2.64. The van der Waals surface area contributed by atoms with Crippen molar-refractivity contribution in [1.82, 2.24) is 15.0 Å². The summed E-state index contributed by atoms with van der Waals surface area (Å²) < 4.78 is 36.9. The summed E-state index contributed by atoms with van der Waals surface area (Å²) in [6.45, 7) is 3.64. The number of aryl methyl sites for hydroxylation is 2. The maximum atomic E-state index is 12.3. The second-order valence-electron chi connectivity index (χ2n) is 3.93. The van der Waals surface area contributed by atoms with Crippen LogP contribution in [0.1, 0.15) is 17.2 Å². The molecular formula is C12H10F3N3. The lowest BCUT2D eigenvalue weighted by Gasteiger charge is -2.06. The van der Waals surface area contributed by atoms with Crippen LogP contribution in [0.15, 0.2) is 24.5 Å². The zero-order valence-electron chi connectivity index (χ0n) is 9.78. The van der Waals surface area contributed by atoms with Crippen molar-refractivity contribution in [2.24, 2.45) is 0 Å². The molecule has 0 aliphatic rings. The summed E-state index contributed by atoms with van der Waals surface area (Å²) in [5.41, 5.74) is 2.89. The Labute approximate surface area is 102 Å². The Bertz CT molecular complexity index is 542. The molecule has 3 nitrogen and oxygen atoms in total. The molecule has 2 heterocycles. The van der Waals surface area contributed by atoms with Crippen molar-refractivity contribution in [3.63, 3.8) is 0 Å². The second kappa shape index (κ2) is 4.36. The number of hydrogen-bond acceptors (Lipinski definition) is 3. The first kappa shape index (κ1) is 12.5. The van der Waals surface area contributed by atoms with Crippen LogP contribution in [-0.2, 0) is 6.18 Å². The molecule has 0 fully saturated rings. The molecular weight excluding hydrogens is 243 g/mol. The lowest BCUT2D eigenvalue weighted by Crippen LogP contribution is -2.10. The molecule has 0 amide bonds. The minimum atomic E-state index is -4.51. The first-order valence-corrected chi connectivity index (χ1v) is 5.21. The molecule has 0 spiro atoms. The van der Waals surface area contributed by atoms with Crippen molar-refractivity contribution in [2.75, 3.05) is 0 Å². The normalized spacial score (nSPS) is 11.6. The zero-order valence-corrected chi connectivity index (χ0v) is 9.78. The van der Waals surface area contributed by atoms with Crippen molar-refractivity contribution in [1.29, 1.82) is 0 Å². The van der Waals surface area contributed by atoms with Crippen molar-refractivity contribution in [2.45, 2.75) is 20.0 Å². The first-order chi connectivity index (χ1) is 8.36. The molecule has 2 rings (SSSR count). The summed E-state index contributed by atoms with van der Waals surface area (Å²) in [5.74, 6) is -1.13. The van der Waals surface area contributed by atoms with E-state index in [-0.39, 0.29) is 0 Å². The highest BCUT2D eigenvalue weighted by molar-refractivity contribution is 5.62. The van der Waals surface area contributed by atoms with Gasteiger partial charge in [0.1, 0.15) is 0 Å². The molecule has 2 aromatic rings. The van der Waals surface area contributed by atoms with Crippen molar-refractivity contribution in [3.8, 4) is 11.1 Å². The molecule has 0 aliphatic carbocycles. The minimum Gasteiger partial charge on any atom is -0.258 e. The van der Waals surface area contributed by atoms with Crippen LogP contribution in [0.3, 0.4) is 0 Å². The van der Waals surface area contributed by atoms with E-state index in [0.717, 1.165) is 17.0 Å². The third-order valence-electron chi connectivity index (χ3n) is 2.32. The van der Waals surface area contributed by atoms with Gasteiger partial charge in [0.05, 0.1) is 0 Å². The topological polar surface area (TPSA) is 38.7 Å². The van der Waals surface area contributed by atoms with E-state index in [1.165, 1.54) is 12.4 Å². The van der Waals surface area contributed by atoms with Crippen LogP contribution in [0.25, 0.3) is 11.1 Å². The Kier molecular flexibility index (Phi) is 3.02. The lowest BCUT2D eigenvalue weighted by molar-refractivity contribution is -0.144. The van der Waals surface area contributed by atoms with Gasteiger partial charge in [-0.05, 0) is 31.5 Å². The summed E-state index contributed by atoms with van der Waals surface area (Å²) in [4.78, 5) is 10.9. The predicted molar refractivity (Wildman–Crippen MR) is 59.7 cm³/mol. The average Bonchev–Trinajstić information content (AvgIpc) is 2.27. The molecule has 94 valence electrons. The number of halogens is 3. The number of rotatable bonds is 1. The minimum absolute atomic E-state index is 0.539. The van der Waals surface area contributed by atoms with Gasteiger partial charge in [-0.15, -0.1) is 0 Å². The quantitative estimate of drug-likeness (QED) is 0.783. The molecule has 0 bridgehead atoms. The highest BCUT2D eigenvalue weighted by Crippen LogP contribution is 2.27. The van der Waals surface area contributed by atoms with E-state index in [9.17, 15) is 13.2 Å². The van der Waals surface area contributed by atoms with Crippen LogP contribution >= 0.6 is 0 Å². The van der Waals surface area contributed by atoms with E-state index in [2.05, 4.69) is 15.0 Å². The molecule has 0 atom stereocenters. The van der Waals surface area contributed by atoms with Crippen LogP contribution in [0, 0.1) is 13.8 Å². The van der Waals surface area contributed by atoms with E-state index in [0.29, 0.717) is 5.56 Å². The van der Waals surface area contributed by atoms with Gasteiger partial charge in [0.2, 0.25) is 5.82 Å². The maximum absolute atomic E-state index is 12.3. The summed E-state index contributed by atoms with van der Waals surface area (Å²) in [6.07, 6.45) is -2.17. The molecule has 0 saturated heterocycles. The van der Waals surface area contributed by atoms with Crippen LogP contribution in [0.5, 0.6) is 0 Å². The van der Waals surface area contributed by atoms with Gasteiger partial charge in [0, 0.05) is 29.3 Å². The SMILES string of the molecule is Cc1cc(-c2cnc(C(F)(F)F)nc2)cc(C)n1. The second-order valence-corrected chi connectivity index (χ2v) is 3.93. The van der Waals surface area contributed by atoms with E-state index >= 15 is 0 Å². The number of pyridine rings is 1. The Balaban J connectivity index is 2.40. The molecule has 2 aromatic heterocycles. The number of hydrogen-bond donors (Lipinski definition) is 0. The van der Waals surface area contributed by atoms with Gasteiger partial charge < -0.3 is 0 Å². The van der Waals surface area contributed by atoms with Crippen LogP contribution < -0.4 is 0 Å². The van der Waals surface area contributed by atoms with Gasteiger partial charge in [0.25, 0.3) is 0 Å². The lowest BCUT2D eigenvalue weighted by atomic mass is 10.1. The molecule has 0 radical (unpaired) electrons. The van der Waals surface area contributed by atoms with Crippen LogP contribution in [0.2, 0.25) is 0 Å². The molecule has 6 heteroatoms. The van der Waals surface area contributed by atoms with E-state index in [1.807, 2.05) is 13.8 Å². The maximum Gasteiger partial charge on any atom is 0.451 e. The Morgan fingerprint density at radius 2 is 1.39 bits per heavy atom. The molecule has 0 aliphatic heterocycles. The highest BCUT2D eigenvalue weighted by Gasteiger charge is 2.34. The van der Waals surface area contributed by atoms with Gasteiger partial charge in [-0.1, -0.05) is 0 Å². The van der Waals surface area contributed by atoms with Crippen LogP contribution in [-0.4, -0.2) is 15.0 Å². The van der Waals surface area contributed by atoms with Crippen molar-refractivity contribution < 1.29 is 13.2 Å². The zero-order chi connectivity index (χ0) is 13.3. The van der Waals surface area contributed by atoms with Gasteiger partial charge in [-0.25, -0.2) is 9.97 Å². The monoisotopic (exact) mass is 253 g/mol. The molecule has 0 N–H and O–H groups in total. The van der Waals surface area contributed by atoms with Gasteiger partial charge in [0.15, 0.2) is 0 Å². The van der Waals surface area contributed by atoms with E-state index in [1.54, 1.807) is 12.1 Å². The third-order valence-corrected chi connectivity index (χ3v) is 2.32. The highest BCUT2D eigenvalue weighted by atomic mass is 19.4. The van der Waals surface area contributed by atoms with Crippen molar-refractivity contribution >= 4 is 0 Å². The van der Waals surface area contributed by atoms with E-state index in [4.69, 9.17) is 0 Å². The fourth-order valence-electron chi connectivity index (χ4n) is 1.62. The molecule has 0 saturated carbocycles. The molecule has 0 unspecified atom stereocenters. The number of alkyl halides is 3. The van der Waals surface area contributed by atoms with Gasteiger partial charge >= 0.3 is 6.18 Å². The van der Waals surface area contributed by atoms with Crippen molar-refractivity contribution in [3.05, 3.63) is 41.7 Å². The number of aromatic nitrogens is 3. The Morgan fingerprint density at radius 3 is 1.83 bits per heavy atom. The Hall–Kier alpha value is -1.98. The van der Waals surface area contributed by atoms with E-state index < -0.39 is 12.0 Å². The Morgan fingerprint density at radius 1 is 0.889 bits per heavy atom. The average molecular weight is 253 g/mol. The predicted octanol–water partition coefficient (Wildman–Crippen LogP) is 3.17. The standard InChI is InChI=1S/C12H10F3N3/c1-7-3-9(4-8(2)18-7)10-5-16-11(17-6-10)12(13,14)15/h3-6H,1-2H3. The summed E-state index contributed by atoms with van der Waals surface area (Å²) in [7, 11) is 0. The van der Waals surface area contributed by atoms with Gasteiger partial charge in [-0.2, -0.15) is 13.2 Å². The summed E-state index contributed by atoms with van der Waals surface area (Å²) in [6, 6.07) is 3.55. The fourth-order valence-corrected chi connectivity index (χ4v) is 1.62. The smallest absolute Gasteiger partial charge is 0.258 e. The largest absolute Gasteiger partial charge is 0.451 e.